The van der Waals surface area contributed by atoms with E-state index in [0.717, 1.165) is 16.9 Å². The van der Waals surface area contributed by atoms with Gasteiger partial charge >= 0.3 is 0 Å². The van der Waals surface area contributed by atoms with Crippen molar-refractivity contribution in [2.75, 3.05) is 13.7 Å². The van der Waals surface area contributed by atoms with E-state index in [0.29, 0.717) is 25.7 Å². The average molecular weight is 331 g/mol. The lowest BCUT2D eigenvalue weighted by Gasteiger charge is -2.10. The van der Waals surface area contributed by atoms with Crippen molar-refractivity contribution in [1.29, 1.82) is 0 Å². The molecule has 0 fully saturated rings. The van der Waals surface area contributed by atoms with Gasteiger partial charge in [0.2, 0.25) is 5.78 Å². The number of ketones is 1. The van der Waals surface area contributed by atoms with Crippen LogP contribution in [0.2, 0.25) is 8.67 Å². The molecular weight excluding hydrogens is 319 g/mol. The van der Waals surface area contributed by atoms with Gasteiger partial charge in [-0.1, -0.05) is 29.3 Å². The summed E-state index contributed by atoms with van der Waals surface area (Å²) in [5.41, 5.74) is 1.43. The molecule has 1 aromatic heterocycles. The van der Waals surface area contributed by atoms with Gasteiger partial charge in [-0.05, 0) is 30.7 Å². The average Bonchev–Trinajstić information content (AvgIpc) is 2.76. The summed E-state index contributed by atoms with van der Waals surface area (Å²) in [7, 11) is 1.55. The molecule has 0 aliphatic heterocycles. The zero-order valence-electron chi connectivity index (χ0n) is 10.9. The van der Waals surface area contributed by atoms with Gasteiger partial charge in [0.1, 0.15) is 4.34 Å². The van der Waals surface area contributed by atoms with Gasteiger partial charge in [-0.15, -0.1) is 11.3 Å². The maximum absolute atomic E-state index is 12.0. The van der Waals surface area contributed by atoms with Gasteiger partial charge in [0.25, 0.3) is 0 Å². The zero-order chi connectivity index (χ0) is 14.7. The van der Waals surface area contributed by atoms with E-state index >= 15 is 0 Å². The number of thiophene rings is 1. The molecule has 2 rings (SSSR count). The molecule has 0 N–H and O–H groups in total. The second-order valence-corrected chi connectivity index (χ2v) is 6.39. The molecule has 0 bridgehead atoms. The summed E-state index contributed by atoms with van der Waals surface area (Å²) in [6.45, 7) is 1.83. The smallest absolute Gasteiger partial charge is 0.202 e. The third-order valence-electron chi connectivity index (χ3n) is 2.63. The molecule has 0 spiro atoms. The normalized spacial score (nSPS) is 10.4. The van der Waals surface area contributed by atoms with Crippen LogP contribution < -0.4 is 9.47 Å². The standard InChI is InChI=1S/C14H12Cl2O3S/c1-8-3-4-11(12(5-8)18-2)19-7-10(17)9-6-13(15)20-14(9)16/h3-6H,7H2,1-2H3. The van der Waals surface area contributed by atoms with E-state index in [1.165, 1.54) is 0 Å². The Balaban J connectivity index is 2.09. The highest BCUT2D eigenvalue weighted by Crippen LogP contribution is 2.32. The second-order valence-electron chi connectivity index (χ2n) is 4.10. The van der Waals surface area contributed by atoms with Crippen LogP contribution in [0.5, 0.6) is 11.5 Å². The Morgan fingerprint density at radius 1 is 1.25 bits per heavy atom. The monoisotopic (exact) mass is 330 g/mol. The highest BCUT2D eigenvalue weighted by molar-refractivity contribution is 7.20. The molecule has 1 heterocycles. The van der Waals surface area contributed by atoms with E-state index in [4.69, 9.17) is 32.7 Å². The van der Waals surface area contributed by atoms with Gasteiger partial charge < -0.3 is 9.47 Å². The van der Waals surface area contributed by atoms with Crippen molar-refractivity contribution in [2.24, 2.45) is 0 Å². The first-order valence-corrected chi connectivity index (χ1v) is 7.34. The molecule has 0 saturated heterocycles. The second kappa shape index (κ2) is 6.48. The molecule has 2 aromatic rings. The van der Waals surface area contributed by atoms with Crippen molar-refractivity contribution in [2.45, 2.75) is 6.92 Å². The predicted molar refractivity (Wildman–Crippen MR) is 81.9 cm³/mol. The molecule has 0 saturated carbocycles. The summed E-state index contributed by atoms with van der Waals surface area (Å²) in [5, 5.41) is 0. The third-order valence-corrected chi connectivity index (χ3v) is 4.12. The van der Waals surface area contributed by atoms with Crippen molar-refractivity contribution in [3.05, 3.63) is 44.1 Å². The maximum atomic E-state index is 12.0. The fourth-order valence-electron chi connectivity index (χ4n) is 1.65. The Bertz CT molecular complexity index is 637. The van der Waals surface area contributed by atoms with Crippen LogP contribution in [0.4, 0.5) is 0 Å². The van der Waals surface area contributed by atoms with Crippen molar-refractivity contribution >= 4 is 40.3 Å². The number of carbonyl (C=O) groups excluding carboxylic acids is 1. The number of methoxy groups -OCH3 is 1. The number of aryl methyl sites for hydroxylation is 1. The van der Waals surface area contributed by atoms with E-state index in [1.54, 1.807) is 19.2 Å². The molecule has 0 unspecified atom stereocenters. The summed E-state index contributed by atoms with van der Waals surface area (Å²) in [6, 6.07) is 7.04. The fourth-order valence-corrected chi connectivity index (χ4v) is 3.14. The largest absolute Gasteiger partial charge is 0.493 e. The molecule has 1 aromatic carbocycles. The van der Waals surface area contributed by atoms with Crippen LogP contribution in [0.25, 0.3) is 0 Å². The Hall–Kier alpha value is -1.23. The van der Waals surface area contributed by atoms with Crippen molar-refractivity contribution < 1.29 is 14.3 Å². The van der Waals surface area contributed by atoms with Gasteiger partial charge in [0.15, 0.2) is 18.1 Å². The number of halogens is 2. The van der Waals surface area contributed by atoms with Gasteiger partial charge in [-0.25, -0.2) is 0 Å². The van der Waals surface area contributed by atoms with Gasteiger partial charge in [0, 0.05) is 0 Å². The van der Waals surface area contributed by atoms with Crippen LogP contribution in [0, 0.1) is 6.92 Å². The first kappa shape index (κ1) is 15.2. The van der Waals surface area contributed by atoms with Crippen LogP contribution in [-0.4, -0.2) is 19.5 Å². The van der Waals surface area contributed by atoms with E-state index in [9.17, 15) is 4.79 Å². The molecule has 0 atom stereocenters. The number of rotatable bonds is 5. The SMILES string of the molecule is COc1cc(C)ccc1OCC(=O)c1cc(Cl)sc1Cl. The molecule has 106 valence electrons. The summed E-state index contributed by atoms with van der Waals surface area (Å²) >= 11 is 12.9. The molecule has 0 radical (unpaired) electrons. The van der Waals surface area contributed by atoms with Crippen molar-refractivity contribution in [3.8, 4) is 11.5 Å². The predicted octanol–water partition coefficient (Wildman–Crippen LogP) is 4.63. The van der Waals surface area contributed by atoms with E-state index in [2.05, 4.69) is 0 Å². The van der Waals surface area contributed by atoms with E-state index < -0.39 is 0 Å². The first-order valence-electron chi connectivity index (χ1n) is 5.76. The van der Waals surface area contributed by atoms with Gasteiger partial charge in [-0.2, -0.15) is 0 Å². The minimum Gasteiger partial charge on any atom is -0.493 e. The number of ether oxygens (including phenoxy) is 2. The molecule has 3 nitrogen and oxygen atoms in total. The molecule has 0 aliphatic rings. The lowest BCUT2D eigenvalue weighted by atomic mass is 10.2. The van der Waals surface area contributed by atoms with Crippen LogP contribution in [0.1, 0.15) is 15.9 Å². The number of Topliss-reactive ketones (excluding diaryl/α,β-unsaturated/α-hetero) is 1. The summed E-state index contributed by atoms with van der Waals surface area (Å²) in [4.78, 5) is 12.0. The van der Waals surface area contributed by atoms with Crippen LogP contribution >= 0.6 is 34.5 Å². The van der Waals surface area contributed by atoms with Crippen LogP contribution in [0.15, 0.2) is 24.3 Å². The Morgan fingerprint density at radius 2 is 2.00 bits per heavy atom. The molecule has 6 heteroatoms. The van der Waals surface area contributed by atoms with E-state index in [-0.39, 0.29) is 12.4 Å². The lowest BCUT2D eigenvalue weighted by Crippen LogP contribution is -2.11. The highest BCUT2D eigenvalue weighted by Gasteiger charge is 2.15. The van der Waals surface area contributed by atoms with Crippen molar-refractivity contribution in [3.63, 3.8) is 0 Å². The van der Waals surface area contributed by atoms with Crippen LogP contribution in [-0.2, 0) is 0 Å². The first-order chi connectivity index (χ1) is 9.51. The number of benzene rings is 1. The molecule has 0 amide bonds. The number of hydrogen-bond donors (Lipinski definition) is 0. The Morgan fingerprint density at radius 3 is 2.60 bits per heavy atom. The van der Waals surface area contributed by atoms with Gasteiger partial charge in [-0.3, -0.25) is 4.79 Å². The summed E-state index contributed by atoms with van der Waals surface area (Å²) in [6.07, 6.45) is 0. The zero-order valence-corrected chi connectivity index (χ0v) is 13.2. The highest BCUT2D eigenvalue weighted by atomic mass is 35.5. The molecule has 20 heavy (non-hydrogen) atoms. The molecule has 0 aliphatic carbocycles. The van der Waals surface area contributed by atoms with Crippen molar-refractivity contribution in [1.82, 2.24) is 0 Å². The lowest BCUT2D eigenvalue weighted by molar-refractivity contribution is 0.0920. The number of hydrogen-bond acceptors (Lipinski definition) is 4. The Kier molecular flexibility index (Phi) is 4.91. The summed E-state index contributed by atoms with van der Waals surface area (Å²) in [5.74, 6) is 0.886. The molecular formula is C14H12Cl2O3S. The van der Waals surface area contributed by atoms with Gasteiger partial charge in [0.05, 0.1) is 17.0 Å². The minimum absolute atomic E-state index is 0.119. The number of carbonyl (C=O) groups is 1. The van der Waals surface area contributed by atoms with Crippen LogP contribution in [0.3, 0.4) is 0 Å². The fraction of sp³-hybridized carbons (Fsp3) is 0.214. The maximum Gasteiger partial charge on any atom is 0.202 e. The minimum atomic E-state index is -0.222. The quantitative estimate of drug-likeness (QED) is 0.749. The summed E-state index contributed by atoms with van der Waals surface area (Å²) < 4.78 is 11.6. The topological polar surface area (TPSA) is 35.5 Å². The Labute approximate surface area is 131 Å². The van der Waals surface area contributed by atoms with E-state index in [1.807, 2.05) is 19.1 Å². The third kappa shape index (κ3) is 3.45.